The van der Waals surface area contributed by atoms with Crippen LogP contribution in [-0.4, -0.2) is 42.0 Å². The molecule has 1 saturated heterocycles. The van der Waals surface area contributed by atoms with Crippen molar-refractivity contribution in [1.82, 2.24) is 9.88 Å². The van der Waals surface area contributed by atoms with Gasteiger partial charge >= 0.3 is 5.97 Å². The molecule has 4 heteroatoms. The fraction of sp³-hybridized carbons (Fsp3) is 0.476. The second kappa shape index (κ2) is 5.21. The third kappa shape index (κ3) is 1.83. The van der Waals surface area contributed by atoms with E-state index in [4.69, 9.17) is 8.85 Å². The van der Waals surface area contributed by atoms with E-state index in [1.54, 1.807) is 0 Å². The van der Waals surface area contributed by atoms with Gasteiger partial charge in [-0.15, -0.1) is 0 Å². The van der Waals surface area contributed by atoms with Crippen molar-refractivity contribution in [2.75, 3.05) is 20.1 Å². The normalized spacial score (nSPS) is 35.2. The summed E-state index contributed by atoms with van der Waals surface area (Å²) in [4.78, 5) is 19.4. The quantitative estimate of drug-likeness (QED) is 0.675. The van der Waals surface area contributed by atoms with Gasteiger partial charge < -0.3 is 9.72 Å². The maximum atomic E-state index is 13.5. The van der Waals surface area contributed by atoms with E-state index in [1.807, 2.05) is 18.2 Å². The van der Waals surface area contributed by atoms with Crippen LogP contribution in [0.25, 0.3) is 10.9 Å². The largest absolute Gasteiger partial charge is 0.468 e. The Balaban J connectivity index is 1.78. The highest BCUT2D eigenvalue weighted by Crippen LogP contribution is 2.52. The zero-order chi connectivity index (χ0) is 19.7. The van der Waals surface area contributed by atoms with Gasteiger partial charge in [0.25, 0.3) is 0 Å². The summed E-state index contributed by atoms with van der Waals surface area (Å²) < 4.78 is 27.7. The Morgan fingerprint density at radius 3 is 3.20 bits per heavy atom. The van der Waals surface area contributed by atoms with Crippen LogP contribution in [0.5, 0.6) is 0 Å². The molecule has 4 atom stereocenters. The van der Waals surface area contributed by atoms with E-state index in [9.17, 15) is 4.79 Å². The standard InChI is InChI=1S/C21H24N2O2/c1-3-14-10-13-11-21(20(24)25-2)18-16(8-9-23(12-13)19(14)21)15-6-4-5-7-17(15)22-18/h4-7,10,13,19,22H,3,8-9,11-12H2,1-2H3/t13?,19-,21+/m1/s1/i2D3. The molecule has 1 fully saturated rings. The molecule has 4 nitrogen and oxygen atoms in total. The SMILES string of the molecule is [2H]C([2H])([2H])OC(=O)[C@]12CC3C=C(CC)[C@H]1N(CCc1c2[nH]c2ccccc12)C3. The van der Waals surface area contributed by atoms with Crippen LogP contribution < -0.4 is 0 Å². The molecule has 4 aliphatic rings. The minimum Gasteiger partial charge on any atom is -0.468 e. The van der Waals surface area contributed by atoms with E-state index in [0.717, 1.165) is 48.1 Å². The summed E-state index contributed by atoms with van der Waals surface area (Å²) in [5, 5.41) is 1.12. The highest BCUT2D eigenvalue weighted by Gasteiger charge is 2.60. The average Bonchev–Trinajstić information content (AvgIpc) is 2.99. The lowest BCUT2D eigenvalue weighted by atomic mass is 9.60. The third-order valence-electron chi connectivity index (χ3n) is 6.46. The van der Waals surface area contributed by atoms with Gasteiger partial charge in [-0.3, -0.25) is 9.69 Å². The Bertz CT molecular complexity index is 993. The molecule has 0 amide bonds. The second-order valence-corrected chi connectivity index (χ2v) is 7.59. The van der Waals surface area contributed by atoms with E-state index >= 15 is 0 Å². The van der Waals surface area contributed by atoms with Gasteiger partial charge in [-0.05, 0) is 36.8 Å². The number of hydrogen-bond acceptors (Lipinski definition) is 3. The molecule has 1 aromatic carbocycles. The van der Waals surface area contributed by atoms with Crippen molar-refractivity contribution in [3.05, 3.63) is 47.2 Å². The summed E-state index contributed by atoms with van der Waals surface area (Å²) in [5.74, 6) is -0.401. The Labute approximate surface area is 152 Å². The van der Waals surface area contributed by atoms with Crippen molar-refractivity contribution in [1.29, 1.82) is 0 Å². The van der Waals surface area contributed by atoms with Crippen molar-refractivity contribution >= 4 is 16.9 Å². The van der Waals surface area contributed by atoms with Crippen molar-refractivity contribution in [2.24, 2.45) is 5.92 Å². The number of H-pyrrole nitrogens is 1. The van der Waals surface area contributed by atoms with Crippen LogP contribution in [0.1, 0.15) is 35.1 Å². The number of benzene rings is 1. The highest BCUT2D eigenvalue weighted by atomic mass is 16.5. The molecule has 1 aliphatic carbocycles. The van der Waals surface area contributed by atoms with Gasteiger partial charge in [-0.1, -0.05) is 36.8 Å². The molecule has 4 heterocycles. The Kier molecular flexibility index (Phi) is 2.57. The number of aromatic nitrogens is 1. The lowest BCUT2D eigenvalue weighted by Gasteiger charge is -2.53. The summed E-state index contributed by atoms with van der Waals surface area (Å²) in [6, 6.07) is 7.92. The molecule has 130 valence electrons. The number of hydrogen-bond donors (Lipinski definition) is 1. The lowest BCUT2D eigenvalue weighted by molar-refractivity contribution is -0.153. The van der Waals surface area contributed by atoms with E-state index in [-0.39, 0.29) is 12.0 Å². The number of para-hydroxylation sites is 1. The summed E-state index contributed by atoms with van der Waals surface area (Å²) in [7, 11) is -2.75. The van der Waals surface area contributed by atoms with Crippen molar-refractivity contribution < 1.29 is 13.6 Å². The van der Waals surface area contributed by atoms with Crippen molar-refractivity contribution in [3.63, 3.8) is 0 Å². The van der Waals surface area contributed by atoms with Crippen molar-refractivity contribution in [3.8, 4) is 0 Å². The molecular formula is C21H24N2O2. The van der Waals surface area contributed by atoms with Gasteiger partial charge in [-0.2, -0.15) is 0 Å². The van der Waals surface area contributed by atoms with E-state index in [1.165, 1.54) is 5.57 Å². The Morgan fingerprint density at radius 1 is 1.48 bits per heavy atom. The summed E-state index contributed by atoms with van der Waals surface area (Å²) in [5.41, 5.74) is 3.20. The number of piperidine rings is 1. The van der Waals surface area contributed by atoms with Crippen LogP contribution in [0.3, 0.4) is 0 Å². The van der Waals surface area contributed by atoms with Crippen molar-refractivity contribution in [2.45, 2.75) is 37.6 Å². The van der Waals surface area contributed by atoms with Crippen LogP contribution in [0.15, 0.2) is 35.9 Å². The predicted octanol–water partition coefficient (Wildman–Crippen LogP) is 3.18. The predicted molar refractivity (Wildman–Crippen MR) is 97.5 cm³/mol. The maximum Gasteiger partial charge on any atom is 0.319 e. The number of esters is 1. The van der Waals surface area contributed by atoms with Gasteiger partial charge in [0.05, 0.1) is 17.2 Å². The third-order valence-corrected chi connectivity index (χ3v) is 6.46. The average molecular weight is 339 g/mol. The molecular weight excluding hydrogens is 312 g/mol. The summed E-state index contributed by atoms with van der Waals surface area (Å²) in [6.45, 7) is 3.88. The van der Waals surface area contributed by atoms with Crippen LogP contribution in [-0.2, 0) is 21.4 Å². The van der Waals surface area contributed by atoms with Gasteiger partial charge in [0.15, 0.2) is 0 Å². The van der Waals surface area contributed by atoms with Crippen LogP contribution >= 0.6 is 0 Å². The maximum absolute atomic E-state index is 13.5. The van der Waals surface area contributed by atoms with Crippen LogP contribution in [0.4, 0.5) is 0 Å². The van der Waals surface area contributed by atoms with Gasteiger partial charge in [0.1, 0.15) is 5.41 Å². The summed E-state index contributed by atoms with van der Waals surface area (Å²) >= 11 is 0. The fourth-order valence-electron chi connectivity index (χ4n) is 5.62. The minimum absolute atomic E-state index is 0.147. The number of methoxy groups -OCH3 is 1. The number of carbonyl (C=O) groups is 1. The molecule has 2 unspecified atom stereocenters. The monoisotopic (exact) mass is 339 g/mol. The number of nitrogens with zero attached hydrogens (tertiary/aromatic N) is 1. The van der Waals surface area contributed by atoms with Gasteiger partial charge in [-0.25, -0.2) is 0 Å². The number of fused-ring (bicyclic) bond motifs is 3. The molecule has 3 aliphatic heterocycles. The first-order chi connectivity index (χ1) is 13.3. The Morgan fingerprint density at radius 2 is 2.36 bits per heavy atom. The molecule has 0 spiro atoms. The van der Waals surface area contributed by atoms with Gasteiger partial charge in [0.2, 0.25) is 0 Å². The lowest BCUT2D eigenvalue weighted by Crippen LogP contribution is -2.63. The molecule has 1 aromatic heterocycles. The van der Waals surface area contributed by atoms with Crippen LogP contribution in [0, 0.1) is 5.92 Å². The first-order valence-electron chi connectivity index (χ1n) is 10.6. The number of aromatic amines is 1. The smallest absolute Gasteiger partial charge is 0.319 e. The number of nitrogens with one attached hydrogen (secondary N) is 1. The van der Waals surface area contributed by atoms with E-state index in [2.05, 4.69) is 29.0 Å². The second-order valence-electron chi connectivity index (χ2n) is 7.59. The van der Waals surface area contributed by atoms with E-state index in [0.29, 0.717) is 6.42 Å². The zero-order valence-corrected chi connectivity index (χ0v) is 14.3. The minimum atomic E-state index is -2.75. The van der Waals surface area contributed by atoms with E-state index < -0.39 is 18.4 Å². The molecule has 6 rings (SSSR count). The fourth-order valence-corrected chi connectivity index (χ4v) is 5.62. The van der Waals surface area contributed by atoms with Gasteiger partial charge in [0, 0.05) is 29.7 Å². The number of ether oxygens (including phenoxy) is 1. The zero-order valence-electron chi connectivity index (χ0n) is 17.3. The molecule has 25 heavy (non-hydrogen) atoms. The number of rotatable bonds is 2. The molecule has 0 saturated carbocycles. The molecule has 4 bridgehead atoms. The highest BCUT2D eigenvalue weighted by molar-refractivity contribution is 5.92. The van der Waals surface area contributed by atoms with Crippen LogP contribution in [0.2, 0.25) is 0 Å². The number of carbonyl (C=O) groups excluding carboxylic acids is 1. The Hall–Kier alpha value is -2.07. The molecule has 1 N–H and O–H groups in total. The first kappa shape index (κ1) is 12.3. The topological polar surface area (TPSA) is 45.3 Å². The first-order valence-corrected chi connectivity index (χ1v) is 9.11. The molecule has 0 radical (unpaired) electrons. The summed E-state index contributed by atoms with van der Waals surface area (Å²) in [6.07, 6.45) is 4.57. The molecule has 2 aromatic rings.